The zero-order valence-electron chi connectivity index (χ0n) is 11.3. The van der Waals surface area contributed by atoms with Crippen molar-refractivity contribution in [2.75, 3.05) is 7.11 Å². The lowest BCUT2D eigenvalue weighted by atomic mass is 9.94. The minimum absolute atomic E-state index is 0.375. The minimum atomic E-state index is -0.986. The first-order chi connectivity index (χ1) is 9.10. The molecule has 1 aromatic heterocycles. The van der Waals surface area contributed by atoms with Crippen LogP contribution in [0.4, 0.5) is 0 Å². The fourth-order valence-corrected chi connectivity index (χ4v) is 1.79. The van der Waals surface area contributed by atoms with E-state index in [1.54, 1.807) is 18.2 Å². The highest BCUT2D eigenvalue weighted by Crippen LogP contribution is 2.27. The molecular weight excluding hydrogens is 244 g/mol. The average molecular weight is 264 g/mol. The molecule has 0 bridgehead atoms. The van der Waals surface area contributed by atoms with Gasteiger partial charge in [0.05, 0.1) is 19.3 Å². The van der Waals surface area contributed by atoms with Crippen molar-refractivity contribution in [3.8, 4) is 0 Å². The molecule has 0 amide bonds. The van der Waals surface area contributed by atoms with Crippen LogP contribution < -0.4 is 0 Å². The third kappa shape index (κ3) is 4.41. The number of furan rings is 1. The third-order valence-electron chi connectivity index (χ3n) is 2.99. The maximum atomic E-state index is 11.7. The van der Waals surface area contributed by atoms with E-state index in [4.69, 9.17) is 9.15 Å². The lowest BCUT2D eigenvalue weighted by Crippen LogP contribution is -2.23. The molecule has 0 aliphatic rings. The number of carbonyl (C=O) groups is 1. The standard InChI is InChI=1S/C15H20O4/c1-4-11(2)7-5-8-12(15(17)18-3)14(16)13-9-6-10-19-13/h4,6-7,9-10,12,14,16H,1,5,8H2,2-3H3/b11-7+/t12-,14+/m0/s1. The number of allylic oxidation sites excluding steroid dienone is 3. The summed E-state index contributed by atoms with van der Waals surface area (Å²) in [5.74, 6) is -0.696. The molecule has 1 aromatic rings. The number of ether oxygens (including phenoxy) is 1. The first-order valence-electron chi connectivity index (χ1n) is 6.18. The van der Waals surface area contributed by atoms with Crippen LogP contribution >= 0.6 is 0 Å². The zero-order chi connectivity index (χ0) is 14.3. The van der Waals surface area contributed by atoms with E-state index in [9.17, 15) is 9.90 Å². The summed E-state index contributed by atoms with van der Waals surface area (Å²) in [6.45, 7) is 5.59. The minimum Gasteiger partial charge on any atom is -0.469 e. The molecule has 1 heterocycles. The molecule has 0 saturated heterocycles. The topological polar surface area (TPSA) is 59.7 Å². The molecule has 0 saturated carbocycles. The van der Waals surface area contributed by atoms with Crippen LogP contribution in [0.2, 0.25) is 0 Å². The second-order valence-corrected chi connectivity index (χ2v) is 4.32. The van der Waals surface area contributed by atoms with Crippen molar-refractivity contribution in [1.29, 1.82) is 0 Å². The van der Waals surface area contributed by atoms with Crippen molar-refractivity contribution in [2.45, 2.75) is 25.9 Å². The van der Waals surface area contributed by atoms with E-state index in [1.807, 2.05) is 13.0 Å². The Kier molecular flexibility index (Phi) is 6.09. The summed E-state index contributed by atoms with van der Waals surface area (Å²) in [5, 5.41) is 10.2. The first-order valence-corrected chi connectivity index (χ1v) is 6.18. The van der Waals surface area contributed by atoms with Crippen LogP contribution in [0.1, 0.15) is 31.6 Å². The van der Waals surface area contributed by atoms with Crippen LogP contribution in [0.25, 0.3) is 0 Å². The van der Waals surface area contributed by atoms with Gasteiger partial charge in [0.15, 0.2) is 0 Å². The number of hydrogen-bond donors (Lipinski definition) is 1. The fraction of sp³-hybridized carbons (Fsp3) is 0.400. The summed E-state index contributed by atoms with van der Waals surface area (Å²) < 4.78 is 9.86. The van der Waals surface area contributed by atoms with Crippen LogP contribution in [0.3, 0.4) is 0 Å². The predicted octanol–water partition coefficient (Wildman–Crippen LogP) is 3.01. The van der Waals surface area contributed by atoms with Crippen LogP contribution in [-0.4, -0.2) is 18.2 Å². The fourth-order valence-electron chi connectivity index (χ4n) is 1.79. The highest BCUT2D eigenvalue weighted by molar-refractivity contribution is 5.73. The Balaban J connectivity index is 2.72. The molecule has 1 N–H and O–H groups in total. The average Bonchev–Trinajstić information content (AvgIpc) is 2.95. The number of carbonyl (C=O) groups excluding carboxylic acids is 1. The van der Waals surface area contributed by atoms with Crippen LogP contribution in [-0.2, 0) is 9.53 Å². The van der Waals surface area contributed by atoms with Gasteiger partial charge in [-0.15, -0.1) is 0 Å². The SMILES string of the molecule is C=C/C(C)=C/CC[C@H](C(=O)OC)[C@@H](O)c1ccco1. The maximum absolute atomic E-state index is 11.7. The zero-order valence-corrected chi connectivity index (χ0v) is 11.3. The van der Waals surface area contributed by atoms with Gasteiger partial charge in [-0.25, -0.2) is 0 Å². The molecule has 104 valence electrons. The normalized spacial score (nSPS) is 14.8. The Labute approximate surface area is 113 Å². The van der Waals surface area contributed by atoms with Gasteiger partial charge in [-0.3, -0.25) is 4.79 Å². The van der Waals surface area contributed by atoms with Gasteiger partial charge < -0.3 is 14.3 Å². The first kappa shape index (κ1) is 15.2. The van der Waals surface area contributed by atoms with E-state index in [0.717, 1.165) is 5.57 Å². The second kappa shape index (κ2) is 7.59. The molecule has 0 aliphatic carbocycles. The Morgan fingerprint density at radius 3 is 2.89 bits per heavy atom. The van der Waals surface area contributed by atoms with Gasteiger partial charge in [-0.1, -0.05) is 24.3 Å². The van der Waals surface area contributed by atoms with Gasteiger partial charge in [-0.05, 0) is 31.9 Å². The van der Waals surface area contributed by atoms with Crippen molar-refractivity contribution in [3.05, 3.63) is 48.5 Å². The highest BCUT2D eigenvalue weighted by Gasteiger charge is 2.30. The number of aliphatic hydroxyl groups excluding tert-OH is 1. The molecular formula is C15H20O4. The highest BCUT2D eigenvalue weighted by atomic mass is 16.5. The molecule has 19 heavy (non-hydrogen) atoms. The maximum Gasteiger partial charge on any atom is 0.311 e. The van der Waals surface area contributed by atoms with Crippen LogP contribution in [0, 0.1) is 5.92 Å². The van der Waals surface area contributed by atoms with E-state index >= 15 is 0 Å². The predicted molar refractivity (Wildman–Crippen MR) is 72.4 cm³/mol. The third-order valence-corrected chi connectivity index (χ3v) is 2.99. The molecule has 0 aromatic carbocycles. The molecule has 0 aliphatic heterocycles. The lowest BCUT2D eigenvalue weighted by Gasteiger charge is -2.18. The monoisotopic (exact) mass is 264 g/mol. The molecule has 0 unspecified atom stereocenters. The van der Waals surface area contributed by atoms with Crippen LogP contribution in [0.5, 0.6) is 0 Å². The molecule has 0 fully saturated rings. The Hall–Kier alpha value is -1.81. The number of methoxy groups -OCH3 is 1. The van der Waals surface area contributed by atoms with Crippen molar-refractivity contribution in [3.63, 3.8) is 0 Å². The summed E-state index contributed by atoms with van der Waals surface area (Å²) in [6.07, 6.45) is 5.34. The van der Waals surface area contributed by atoms with Crippen molar-refractivity contribution in [2.24, 2.45) is 5.92 Å². The molecule has 1 rings (SSSR count). The smallest absolute Gasteiger partial charge is 0.311 e. The second-order valence-electron chi connectivity index (χ2n) is 4.32. The quantitative estimate of drug-likeness (QED) is 0.607. The summed E-state index contributed by atoms with van der Waals surface area (Å²) in [6, 6.07) is 3.32. The van der Waals surface area contributed by atoms with E-state index in [0.29, 0.717) is 18.6 Å². The molecule has 0 radical (unpaired) electrons. The van der Waals surface area contributed by atoms with E-state index < -0.39 is 18.0 Å². The molecule has 4 nitrogen and oxygen atoms in total. The Morgan fingerprint density at radius 1 is 1.63 bits per heavy atom. The van der Waals surface area contributed by atoms with Crippen molar-refractivity contribution >= 4 is 5.97 Å². The Morgan fingerprint density at radius 2 is 2.37 bits per heavy atom. The number of aliphatic hydroxyl groups is 1. The molecule has 4 heteroatoms. The van der Waals surface area contributed by atoms with Gasteiger partial charge in [0.2, 0.25) is 0 Å². The van der Waals surface area contributed by atoms with E-state index in [1.165, 1.54) is 13.4 Å². The van der Waals surface area contributed by atoms with Gasteiger partial charge in [0.1, 0.15) is 11.9 Å². The molecule has 2 atom stereocenters. The van der Waals surface area contributed by atoms with Crippen molar-refractivity contribution in [1.82, 2.24) is 0 Å². The largest absolute Gasteiger partial charge is 0.469 e. The van der Waals surface area contributed by atoms with Gasteiger partial charge >= 0.3 is 5.97 Å². The summed E-state index contributed by atoms with van der Waals surface area (Å²) >= 11 is 0. The van der Waals surface area contributed by atoms with Gasteiger partial charge in [0.25, 0.3) is 0 Å². The summed E-state index contributed by atoms with van der Waals surface area (Å²) in [7, 11) is 1.31. The van der Waals surface area contributed by atoms with E-state index in [-0.39, 0.29) is 0 Å². The lowest BCUT2D eigenvalue weighted by molar-refractivity contribution is -0.150. The number of rotatable bonds is 7. The number of esters is 1. The van der Waals surface area contributed by atoms with Crippen LogP contribution in [0.15, 0.2) is 47.1 Å². The molecule has 0 spiro atoms. The Bertz CT molecular complexity index is 431. The summed E-state index contributed by atoms with van der Waals surface area (Å²) in [4.78, 5) is 11.7. The van der Waals surface area contributed by atoms with Gasteiger partial charge in [-0.2, -0.15) is 0 Å². The van der Waals surface area contributed by atoms with Gasteiger partial charge in [0, 0.05) is 0 Å². The summed E-state index contributed by atoms with van der Waals surface area (Å²) in [5.41, 5.74) is 1.04. The van der Waals surface area contributed by atoms with E-state index in [2.05, 4.69) is 6.58 Å². The van der Waals surface area contributed by atoms with Crippen molar-refractivity contribution < 1.29 is 19.1 Å². The number of hydrogen-bond acceptors (Lipinski definition) is 4.